The fourth-order valence-corrected chi connectivity index (χ4v) is 2.69. The largest absolute Gasteiger partial charge is 0.370 e. The molecule has 102 valence electrons. The second-order valence-corrected chi connectivity index (χ2v) is 5.97. The maximum atomic E-state index is 13.8. The summed E-state index contributed by atoms with van der Waals surface area (Å²) in [7, 11) is 0. The average molecular weight is 261 g/mol. The summed E-state index contributed by atoms with van der Waals surface area (Å²) in [5.74, 6) is 1.16. The van der Waals surface area contributed by atoms with Crippen molar-refractivity contribution in [3.8, 4) is 0 Å². The molecule has 1 aliphatic carbocycles. The van der Waals surface area contributed by atoms with E-state index < -0.39 is 0 Å². The third-order valence-electron chi connectivity index (χ3n) is 4.35. The molecule has 4 heteroatoms. The number of aryl methyl sites for hydroxylation is 1. The van der Waals surface area contributed by atoms with E-state index in [1.54, 1.807) is 13.0 Å². The van der Waals surface area contributed by atoms with Crippen LogP contribution in [0.4, 0.5) is 4.39 Å². The number of halogens is 1. The Morgan fingerprint density at radius 1 is 1.47 bits per heavy atom. The highest BCUT2D eigenvalue weighted by atomic mass is 19.1. The third-order valence-corrected chi connectivity index (χ3v) is 4.35. The number of nitrogens with two attached hydrogens (primary N) is 1. The van der Waals surface area contributed by atoms with Gasteiger partial charge in [0.15, 0.2) is 5.96 Å². The molecular formula is C15H20FN3. The van der Waals surface area contributed by atoms with Crippen molar-refractivity contribution < 1.29 is 4.39 Å². The minimum absolute atomic E-state index is 0.157. The van der Waals surface area contributed by atoms with Crippen LogP contribution in [0.3, 0.4) is 0 Å². The molecule has 2 aliphatic rings. The van der Waals surface area contributed by atoms with Crippen LogP contribution >= 0.6 is 0 Å². The summed E-state index contributed by atoms with van der Waals surface area (Å²) in [6, 6.07) is 5.45. The van der Waals surface area contributed by atoms with E-state index in [0.29, 0.717) is 18.1 Å². The van der Waals surface area contributed by atoms with Crippen molar-refractivity contribution in [1.29, 1.82) is 0 Å². The molecule has 1 aromatic rings. The summed E-state index contributed by atoms with van der Waals surface area (Å²) in [6.45, 7) is 5.42. The molecule has 1 unspecified atom stereocenters. The van der Waals surface area contributed by atoms with Crippen LogP contribution in [0.15, 0.2) is 23.2 Å². The van der Waals surface area contributed by atoms with Crippen molar-refractivity contribution in [1.82, 2.24) is 4.90 Å². The predicted molar refractivity (Wildman–Crippen MR) is 74.4 cm³/mol. The van der Waals surface area contributed by atoms with Crippen molar-refractivity contribution in [2.45, 2.75) is 32.2 Å². The maximum Gasteiger partial charge on any atom is 0.192 e. The van der Waals surface area contributed by atoms with Crippen LogP contribution in [0.1, 0.15) is 30.9 Å². The van der Waals surface area contributed by atoms with E-state index in [0.717, 1.165) is 18.0 Å². The predicted octanol–water partition coefficient (Wildman–Crippen LogP) is 2.39. The summed E-state index contributed by atoms with van der Waals surface area (Å²) in [6.07, 6.45) is 2.53. The van der Waals surface area contributed by atoms with Crippen LogP contribution in [0.25, 0.3) is 0 Å². The van der Waals surface area contributed by atoms with Gasteiger partial charge in [-0.05, 0) is 49.8 Å². The van der Waals surface area contributed by atoms with Crippen LogP contribution < -0.4 is 5.73 Å². The van der Waals surface area contributed by atoms with Crippen LogP contribution in [0, 0.1) is 18.7 Å². The summed E-state index contributed by atoms with van der Waals surface area (Å²) < 4.78 is 13.8. The lowest BCUT2D eigenvalue weighted by molar-refractivity contribution is 0.216. The molecule has 2 N–H and O–H groups in total. The first-order valence-electron chi connectivity index (χ1n) is 6.85. The zero-order chi connectivity index (χ0) is 13.6. The van der Waals surface area contributed by atoms with Crippen molar-refractivity contribution in [2.24, 2.45) is 16.6 Å². The van der Waals surface area contributed by atoms with Gasteiger partial charge in [0.1, 0.15) is 5.82 Å². The van der Waals surface area contributed by atoms with Crippen molar-refractivity contribution in [3.05, 3.63) is 35.1 Å². The Labute approximate surface area is 113 Å². The molecule has 1 heterocycles. The quantitative estimate of drug-likeness (QED) is 0.907. The van der Waals surface area contributed by atoms with Crippen LogP contribution in [-0.4, -0.2) is 23.9 Å². The van der Waals surface area contributed by atoms with Gasteiger partial charge in [0.25, 0.3) is 0 Å². The van der Waals surface area contributed by atoms with Gasteiger partial charge in [-0.3, -0.25) is 4.99 Å². The second-order valence-electron chi connectivity index (χ2n) is 5.97. The van der Waals surface area contributed by atoms with Gasteiger partial charge in [0.2, 0.25) is 0 Å². The molecule has 0 amide bonds. The molecule has 19 heavy (non-hydrogen) atoms. The van der Waals surface area contributed by atoms with Gasteiger partial charge >= 0.3 is 0 Å². The minimum atomic E-state index is -0.304. The van der Waals surface area contributed by atoms with Gasteiger partial charge in [-0.25, -0.2) is 4.39 Å². The summed E-state index contributed by atoms with van der Waals surface area (Å²) in [5.41, 5.74) is 7.35. The molecular weight excluding hydrogens is 241 g/mol. The number of rotatable bonds is 3. The molecule has 0 saturated heterocycles. The molecule has 1 aliphatic heterocycles. The first-order chi connectivity index (χ1) is 9.00. The van der Waals surface area contributed by atoms with E-state index in [4.69, 9.17) is 5.73 Å². The number of guanidine groups is 1. The van der Waals surface area contributed by atoms with Gasteiger partial charge in [-0.2, -0.15) is 0 Å². The highest BCUT2D eigenvalue weighted by Gasteiger charge is 2.42. The second kappa shape index (κ2) is 4.22. The smallest absolute Gasteiger partial charge is 0.192 e. The Hall–Kier alpha value is -1.58. The Kier molecular flexibility index (Phi) is 2.77. The standard InChI is InChI=1S/C15H20FN3/c1-10-3-6-12(7-13(10)16)15(2)9-18-14(17)19(15)8-11-4-5-11/h3,6-7,11H,4-5,8-9H2,1-2H3,(H2,17,18). The lowest BCUT2D eigenvalue weighted by atomic mass is 9.90. The third kappa shape index (κ3) is 2.09. The molecule has 3 rings (SSSR count). The van der Waals surface area contributed by atoms with E-state index in [1.807, 2.05) is 12.1 Å². The highest BCUT2D eigenvalue weighted by Crippen LogP contribution is 2.38. The number of benzene rings is 1. The van der Waals surface area contributed by atoms with Crippen LogP contribution in [0.5, 0.6) is 0 Å². The van der Waals surface area contributed by atoms with Crippen molar-refractivity contribution in [3.63, 3.8) is 0 Å². The molecule has 0 aromatic heterocycles. The minimum Gasteiger partial charge on any atom is -0.370 e. The van der Waals surface area contributed by atoms with E-state index in [1.165, 1.54) is 12.8 Å². The summed E-state index contributed by atoms with van der Waals surface area (Å²) >= 11 is 0. The zero-order valence-corrected chi connectivity index (χ0v) is 11.5. The van der Waals surface area contributed by atoms with Gasteiger partial charge in [-0.1, -0.05) is 12.1 Å². The van der Waals surface area contributed by atoms with Crippen LogP contribution in [-0.2, 0) is 5.54 Å². The highest BCUT2D eigenvalue weighted by molar-refractivity contribution is 5.81. The van der Waals surface area contributed by atoms with E-state index in [-0.39, 0.29) is 11.4 Å². The normalized spacial score (nSPS) is 26.7. The van der Waals surface area contributed by atoms with Gasteiger partial charge in [0.05, 0.1) is 12.1 Å². The molecule has 1 aromatic carbocycles. The number of hydrogen-bond acceptors (Lipinski definition) is 3. The van der Waals surface area contributed by atoms with Crippen molar-refractivity contribution in [2.75, 3.05) is 13.1 Å². The fourth-order valence-electron chi connectivity index (χ4n) is 2.69. The molecule has 0 spiro atoms. The van der Waals surface area contributed by atoms with Gasteiger partial charge in [-0.15, -0.1) is 0 Å². The molecule has 0 bridgehead atoms. The van der Waals surface area contributed by atoms with E-state index in [2.05, 4.69) is 16.8 Å². The topological polar surface area (TPSA) is 41.6 Å². The van der Waals surface area contributed by atoms with Gasteiger partial charge < -0.3 is 10.6 Å². The Bertz CT molecular complexity index is 536. The molecule has 0 radical (unpaired) electrons. The summed E-state index contributed by atoms with van der Waals surface area (Å²) in [4.78, 5) is 6.53. The molecule has 3 nitrogen and oxygen atoms in total. The van der Waals surface area contributed by atoms with E-state index in [9.17, 15) is 4.39 Å². The number of aliphatic imine (C=N–C) groups is 1. The van der Waals surface area contributed by atoms with Crippen LogP contribution in [0.2, 0.25) is 0 Å². The molecule has 1 atom stereocenters. The maximum absolute atomic E-state index is 13.8. The summed E-state index contributed by atoms with van der Waals surface area (Å²) in [5, 5.41) is 0. The lowest BCUT2D eigenvalue weighted by Gasteiger charge is -2.37. The monoisotopic (exact) mass is 261 g/mol. The lowest BCUT2D eigenvalue weighted by Crippen LogP contribution is -2.48. The number of hydrogen-bond donors (Lipinski definition) is 1. The Morgan fingerprint density at radius 3 is 2.84 bits per heavy atom. The fraction of sp³-hybridized carbons (Fsp3) is 0.533. The van der Waals surface area contributed by atoms with E-state index >= 15 is 0 Å². The first-order valence-corrected chi connectivity index (χ1v) is 6.85. The Balaban J connectivity index is 1.93. The SMILES string of the molecule is Cc1ccc(C2(C)CN=C(N)N2CC2CC2)cc1F. The number of nitrogens with zero attached hydrogens (tertiary/aromatic N) is 2. The van der Waals surface area contributed by atoms with Gasteiger partial charge in [0, 0.05) is 6.54 Å². The van der Waals surface area contributed by atoms with Crippen molar-refractivity contribution >= 4 is 5.96 Å². The average Bonchev–Trinajstić information content (AvgIpc) is 3.15. The Morgan fingerprint density at radius 2 is 2.21 bits per heavy atom. The molecule has 1 fully saturated rings. The zero-order valence-electron chi connectivity index (χ0n) is 11.5. The first kappa shape index (κ1) is 12.5. The molecule has 1 saturated carbocycles.